The molecule has 3 nitrogen and oxygen atoms in total. The van der Waals surface area contributed by atoms with Crippen LogP contribution in [0, 0.1) is 5.92 Å². The Morgan fingerprint density at radius 2 is 1.57 bits per heavy atom. The van der Waals surface area contributed by atoms with Crippen LogP contribution < -0.4 is 10.6 Å². The second-order valence-electron chi connectivity index (χ2n) is 7.26. The largest absolute Gasteiger partial charge is 0.355 e. The van der Waals surface area contributed by atoms with Crippen molar-refractivity contribution in [3.8, 4) is 0 Å². The van der Waals surface area contributed by atoms with Crippen molar-refractivity contribution in [3.05, 3.63) is 54.1 Å². The lowest BCUT2D eigenvalue weighted by Crippen LogP contribution is -2.14. The Labute approximate surface area is 138 Å². The van der Waals surface area contributed by atoms with Crippen LogP contribution in [-0.2, 0) is 10.2 Å². The summed E-state index contributed by atoms with van der Waals surface area (Å²) < 4.78 is 0. The molecule has 0 aliphatic heterocycles. The van der Waals surface area contributed by atoms with Gasteiger partial charge < -0.3 is 10.6 Å². The molecule has 2 aromatic carbocycles. The molecule has 1 fully saturated rings. The maximum Gasteiger partial charge on any atom is 0.227 e. The van der Waals surface area contributed by atoms with E-state index in [0.29, 0.717) is 0 Å². The SMILES string of the molecule is CC(C)(C)c1ccccc1Nc1ccc(NC(=O)C2CC2)cc1. The molecular formula is C20H24N2O. The number of benzene rings is 2. The molecular weight excluding hydrogens is 284 g/mol. The molecule has 0 aromatic heterocycles. The molecule has 3 heteroatoms. The first-order valence-corrected chi connectivity index (χ1v) is 8.21. The molecule has 0 radical (unpaired) electrons. The van der Waals surface area contributed by atoms with Gasteiger partial charge in [0.1, 0.15) is 0 Å². The lowest BCUT2D eigenvalue weighted by atomic mass is 9.86. The Morgan fingerprint density at radius 1 is 0.957 bits per heavy atom. The molecule has 0 bridgehead atoms. The van der Waals surface area contributed by atoms with Crippen molar-refractivity contribution < 1.29 is 4.79 Å². The third-order valence-corrected chi connectivity index (χ3v) is 4.11. The number of nitrogens with one attached hydrogen (secondary N) is 2. The molecule has 23 heavy (non-hydrogen) atoms. The second kappa shape index (κ2) is 6.07. The predicted octanol–water partition coefficient (Wildman–Crippen LogP) is 5.08. The minimum absolute atomic E-state index is 0.0851. The number of carbonyl (C=O) groups is 1. The van der Waals surface area contributed by atoms with Gasteiger partial charge in [0, 0.05) is 23.0 Å². The Kier molecular flexibility index (Phi) is 4.12. The molecule has 0 atom stereocenters. The molecule has 1 amide bonds. The topological polar surface area (TPSA) is 41.1 Å². The van der Waals surface area contributed by atoms with E-state index in [9.17, 15) is 4.79 Å². The maximum absolute atomic E-state index is 11.8. The van der Waals surface area contributed by atoms with E-state index in [1.165, 1.54) is 5.56 Å². The summed E-state index contributed by atoms with van der Waals surface area (Å²) in [7, 11) is 0. The molecule has 1 saturated carbocycles. The van der Waals surface area contributed by atoms with E-state index in [-0.39, 0.29) is 17.2 Å². The van der Waals surface area contributed by atoms with Crippen molar-refractivity contribution in [3.63, 3.8) is 0 Å². The number of hydrogen-bond donors (Lipinski definition) is 2. The van der Waals surface area contributed by atoms with Crippen molar-refractivity contribution in [2.24, 2.45) is 5.92 Å². The van der Waals surface area contributed by atoms with Crippen molar-refractivity contribution in [1.82, 2.24) is 0 Å². The minimum Gasteiger partial charge on any atom is -0.355 e. The minimum atomic E-state index is 0.0851. The first-order chi connectivity index (χ1) is 10.9. The van der Waals surface area contributed by atoms with Crippen molar-refractivity contribution in [2.45, 2.75) is 39.0 Å². The highest BCUT2D eigenvalue weighted by molar-refractivity contribution is 5.94. The second-order valence-corrected chi connectivity index (χ2v) is 7.26. The molecule has 3 rings (SSSR count). The van der Waals surface area contributed by atoms with Crippen LogP contribution in [0.15, 0.2) is 48.5 Å². The zero-order chi connectivity index (χ0) is 16.4. The molecule has 0 heterocycles. The highest BCUT2D eigenvalue weighted by atomic mass is 16.2. The standard InChI is InChI=1S/C20H24N2O/c1-20(2,3)17-6-4-5-7-18(17)21-15-10-12-16(13-11-15)22-19(23)14-8-9-14/h4-7,10-14,21H,8-9H2,1-3H3,(H,22,23). The highest BCUT2D eigenvalue weighted by Gasteiger charge is 2.29. The van der Waals surface area contributed by atoms with E-state index in [4.69, 9.17) is 0 Å². The first kappa shape index (κ1) is 15.6. The number of para-hydroxylation sites is 1. The molecule has 1 aliphatic carbocycles. The lowest BCUT2D eigenvalue weighted by molar-refractivity contribution is -0.117. The summed E-state index contributed by atoms with van der Waals surface area (Å²) >= 11 is 0. The third-order valence-electron chi connectivity index (χ3n) is 4.11. The van der Waals surface area contributed by atoms with Gasteiger partial charge in [-0.25, -0.2) is 0 Å². The van der Waals surface area contributed by atoms with Crippen LogP contribution in [0.25, 0.3) is 0 Å². The average Bonchev–Trinajstić information content (AvgIpc) is 3.33. The molecule has 2 N–H and O–H groups in total. The Morgan fingerprint density at radius 3 is 2.17 bits per heavy atom. The van der Waals surface area contributed by atoms with E-state index in [2.05, 4.69) is 49.6 Å². The van der Waals surface area contributed by atoms with Gasteiger partial charge in [-0.15, -0.1) is 0 Å². The fourth-order valence-corrected chi connectivity index (χ4v) is 2.63. The van der Waals surface area contributed by atoms with Gasteiger partial charge in [-0.3, -0.25) is 4.79 Å². The van der Waals surface area contributed by atoms with Gasteiger partial charge in [-0.2, -0.15) is 0 Å². The fourth-order valence-electron chi connectivity index (χ4n) is 2.63. The Hall–Kier alpha value is -2.29. The zero-order valence-corrected chi connectivity index (χ0v) is 14.0. The van der Waals surface area contributed by atoms with E-state index < -0.39 is 0 Å². The zero-order valence-electron chi connectivity index (χ0n) is 14.0. The molecule has 120 valence electrons. The maximum atomic E-state index is 11.8. The third kappa shape index (κ3) is 3.92. The number of amides is 1. The van der Waals surface area contributed by atoms with E-state index in [1.807, 2.05) is 30.3 Å². The summed E-state index contributed by atoms with van der Waals surface area (Å²) in [6.45, 7) is 6.64. The van der Waals surface area contributed by atoms with Gasteiger partial charge in [0.05, 0.1) is 0 Å². The number of carbonyl (C=O) groups excluding carboxylic acids is 1. The molecule has 0 spiro atoms. The van der Waals surface area contributed by atoms with Crippen LogP contribution >= 0.6 is 0 Å². The van der Waals surface area contributed by atoms with Gasteiger partial charge >= 0.3 is 0 Å². The summed E-state index contributed by atoms with van der Waals surface area (Å²) in [6, 6.07) is 16.3. The molecule has 1 aliphatic rings. The van der Waals surface area contributed by atoms with Crippen molar-refractivity contribution in [1.29, 1.82) is 0 Å². The monoisotopic (exact) mass is 308 g/mol. The van der Waals surface area contributed by atoms with Gasteiger partial charge in [-0.1, -0.05) is 39.0 Å². The van der Waals surface area contributed by atoms with Crippen LogP contribution in [0.1, 0.15) is 39.2 Å². The predicted molar refractivity (Wildman–Crippen MR) is 96.2 cm³/mol. The van der Waals surface area contributed by atoms with Crippen molar-refractivity contribution >= 4 is 23.0 Å². The van der Waals surface area contributed by atoms with Crippen molar-refractivity contribution in [2.75, 3.05) is 10.6 Å². The summed E-state index contributed by atoms with van der Waals surface area (Å²) in [5.74, 6) is 0.371. The molecule has 2 aromatic rings. The van der Waals surface area contributed by atoms with Crippen LogP contribution in [0.5, 0.6) is 0 Å². The summed E-state index contributed by atoms with van der Waals surface area (Å²) in [4.78, 5) is 11.8. The first-order valence-electron chi connectivity index (χ1n) is 8.21. The van der Waals surface area contributed by atoms with Gasteiger partial charge in [0.25, 0.3) is 0 Å². The summed E-state index contributed by atoms with van der Waals surface area (Å²) in [5.41, 5.74) is 4.37. The molecule has 0 saturated heterocycles. The average molecular weight is 308 g/mol. The number of anilines is 3. The molecule has 0 unspecified atom stereocenters. The number of hydrogen-bond acceptors (Lipinski definition) is 2. The van der Waals surface area contributed by atoms with E-state index >= 15 is 0 Å². The summed E-state index contributed by atoms with van der Waals surface area (Å²) in [5, 5.41) is 6.45. The Bertz CT molecular complexity index is 694. The van der Waals surface area contributed by atoms with Gasteiger partial charge in [0.2, 0.25) is 5.91 Å². The number of rotatable bonds is 4. The van der Waals surface area contributed by atoms with Crippen LogP contribution in [-0.4, -0.2) is 5.91 Å². The van der Waals surface area contributed by atoms with E-state index in [0.717, 1.165) is 29.9 Å². The highest BCUT2D eigenvalue weighted by Crippen LogP contribution is 2.32. The van der Waals surface area contributed by atoms with E-state index in [1.54, 1.807) is 0 Å². The Balaban J connectivity index is 1.72. The van der Waals surface area contributed by atoms with Crippen LogP contribution in [0.2, 0.25) is 0 Å². The quantitative estimate of drug-likeness (QED) is 0.827. The summed E-state index contributed by atoms with van der Waals surface area (Å²) in [6.07, 6.45) is 2.05. The van der Waals surface area contributed by atoms with Crippen LogP contribution in [0.3, 0.4) is 0 Å². The smallest absolute Gasteiger partial charge is 0.227 e. The van der Waals surface area contributed by atoms with Gasteiger partial charge in [-0.05, 0) is 54.2 Å². The van der Waals surface area contributed by atoms with Crippen LogP contribution in [0.4, 0.5) is 17.1 Å². The van der Waals surface area contributed by atoms with Gasteiger partial charge in [0.15, 0.2) is 0 Å². The normalized spacial score (nSPS) is 14.4. The fraction of sp³-hybridized carbons (Fsp3) is 0.350. The lowest BCUT2D eigenvalue weighted by Gasteiger charge is -2.23.